The molecule has 1 rings (SSSR count). The Kier molecular flexibility index (Phi) is 7.82. The van der Waals surface area contributed by atoms with Crippen LogP contribution in [0.2, 0.25) is 0 Å². The maximum absolute atomic E-state index is 11.9. The van der Waals surface area contributed by atoms with Gasteiger partial charge in [0.2, 0.25) is 0 Å². The second-order valence-corrected chi connectivity index (χ2v) is 7.67. The number of esters is 1. The van der Waals surface area contributed by atoms with Gasteiger partial charge in [0.25, 0.3) is 10.1 Å². The van der Waals surface area contributed by atoms with Crippen molar-refractivity contribution in [2.24, 2.45) is 0 Å². The van der Waals surface area contributed by atoms with Crippen molar-refractivity contribution in [1.82, 2.24) is 0 Å². The summed E-state index contributed by atoms with van der Waals surface area (Å²) < 4.78 is 43.6. The summed E-state index contributed by atoms with van der Waals surface area (Å²) in [5.74, 6) is -0.472. The predicted octanol–water partition coefficient (Wildman–Crippen LogP) is 2.03. The van der Waals surface area contributed by atoms with E-state index in [9.17, 15) is 13.2 Å². The number of rotatable bonds is 9. The minimum absolute atomic E-state index is 0.0675. The van der Waals surface area contributed by atoms with Crippen LogP contribution in [0.5, 0.6) is 0 Å². The maximum atomic E-state index is 11.9. The summed E-state index contributed by atoms with van der Waals surface area (Å²) in [7, 11) is -3.84. The molecule has 0 aliphatic carbocycles. The molecule has 0 spiro atoms. The van der Waals surface area contributed by atoms with Crippen LogP contribution in [0.25, 0.3) is 0 Å². The SMILES string of the molecule is Cc1ccc(S(=O)(=O)OCOCCOCC(=O)OC(C)(C)C)cc1. The number of benzene rings is 1. The van der Waals surface area contributed by atoms with Gasteiger partial charge in [0.1, 0.15) is 12.2 Å². The molecule has 136 valence electrons. The molecule has 0 saturated carbocycles. The summed E-state index contributed by atoms with van der Waals surface area (Å²) in [5.41, 5.74) is 0.391. The van der Waals surface area contributed by atoms with Gasteiger partial charge >= 0.3 is 5.97 Å². The maximum Gasteiger partial charge on any atom is 0.332 e. The Hall–Kier alpha value is -1.48. The number of carbonyl (C=O) groups is 1. The van der Waals surface area contributed by atoms with Crippen molar-refractivity contribution in [3.63, 3.8) is 0 Å². The summed E-state index contributed by atoms with van der Waals surface area (Å²) in [6.45, 7) is 6.74. The van der Waals surface area contributed by atoms with Gasteiger partial charge in [0, 0.05) is 0 Å². The van der Waals surface area contributed by atoms with E-state index in [-0.39, 0.29) is 24.7 Å². The summed E-state index contributed by atoms with van der Waals surface area (Å²) in [5, 5.41) is 0. The molecule has 0 atom stereocenters. The normalized spacial score (nSPS) is 12.2. The van der Waals surface area contributed by atoms with E-state index < -0.39 is 28.5 Å². The number of hydrogen-bond acceptors (Lipinski definition) is 7. The summed E-state index contributed by atoms with van der Waals surface area (Å²) in [6.07, 6.45) is 0. The smallest absolute Gasteiger partial charge is 0.332 e. The molecule has 0 aromatic heterocycles. The van der Waals surface area contributed by atoms with Crippen molar-refractivity contribution < 1.29 is 31.6 Å². The molecule has 1 aromatic carbocycles. The minimum Gasteiger partial charge on any atom is -0.458 e. The van der Waals surface area contributed by atoms with E-state index in [2.05, 4.69) is 0 Å². The zero-order chi connectivity index (χ0) is 18.2. The van der Waals surface area contributed by atoms with Gasteiger partial charge in [-0.3, -0.25) is 0 Å². The van der Waals surface area contributed by atoms with Gasteiger partial charge in [-0.2, -0.15) is 8.42 Å². The van der Waals surface area contributed by atoms with Crippen molar-refractivity contribution in [2.75, 3.05) is 26.6 Å². The second kappa shape index (κ2) is 9.12. The highest BCUT2D eigenvalue weighted by Gasteiger charge is 2.16. The minimum atomic E-state index is -3.84. The molecular weight excluding hydrogens is 336 g/mol. The van der Waals surface area contributed by atoms with Crippen molar-refractivity contribution >= 4 is 16.1 Å². The lowest BCUT2D eigenvalue weighted by Crippen LogP contribution is -2.27. The number of carbonyl (C=O) groups excluding carboxylic acids is 1. The Bertz CT molecular complexity index is 615. The zero-order valence-corrected chi connectivity index (χ0v) is 15.2. The summed E-state index contributed by atoms with van der Waals surface area (Å²) in [4.78, 5) is 11.4. The topological polar surface area (TPSA) is 88.1 Å². The van der Waals surface area contributed by atoms with Crippen LogP contribution in [-0.2, 0) is 33.3 Å². The van der Waals surface area contributed by atoms with Crippen molar-refractivity contribution in [2.45, 2.75) is 38.2 Å². The van der Waals surface area contributed by atoms with E-state index in [1.54, 1.807) is 32.9 Å². The first-order valence-corrected chi connectivity index (χ1v) is 8.84. The van der Waals surface area contributed by atoms with Gasteiger partial charge in [0.15, 0.2) is 6.79 Å². The molecule has 0 fully saturated rings. The summed E-state index contributed by atoms with van der Waals surface area (Å²) in [6, 6.07) is 6.30. The van der Waals surface area contributed by atoms with Crippen LogP contribution < -0.4 is 0 Å². The van der Waals surface area contributed by atoms with Crippen LogP contribution in [-0.4, -0.2) is 46.6 Å². The fraction of sp³-hybridized carbons (Fsp3) is 0.562. The molecule has 7 nitrogen and oxygen atoms in total. The first-order valence-electron chi connectivity index (χ1n) is 7.43. The molecular formula is C16H24O7S. The zero-order valence-electron chi connectivity index (χ0n) is 14.4. The quantitative estimate of drug-likeness (QED) is 0.288. The molecule has 0 radical (unpaired) electrons. The third-order valence-electron chi connectivity index (χ3n) is 2.61. The number of ether oxygens (including phenoxy) is 3. The van der Waals surface area contributed by atoms with Gasteiger partial charge in [-0.05, 0) is 39.8 Å². The molecule has 0 heterocycles. The second-order valence-electron chi connectivity index (χ2n) is 6.05. The highest BCUT2D eigenvalue weighted by atomic mass is 32.2. The van der Waals surface area contributed by atoms with E-state index >= 15 is 0 Å². The molecule has 8 heteroatoms. The average molecular weight is 360 g/mol. The molecule has 0 unspecified atom stereocenters. The number of aryl methyl sites for hydroxylation is 1. The lowest BCUT2D eigenvalue weighted by molar-refractivity contribution is -0.160. The molecule has 0 amide bonds. The lowest BCUT2D eigenvalue weighted by atomic mass is 10.2. The van der Waals surface area contributed by atoms with Crippen molar-refractivity contribution in [3.8, 4) is 0 Å². The van der Waals surface area contributed by atoms with E-state index in [0.29, 0.717) is 0 Å². The van der Waals surface area contributed by atoms with Crippen LogP contribution in [0, 0.1) is 6.92 Å². The fourth-order valence-corrected chi connectivity index (χ4v) is 2.37. The van der Waals surface area contributed by atoms with Gasteiger partial charge < -0.3 is 14.2 Å². The molecule has 0 aliphatic heterocycles. The third kappa shape index (κ3) is 8.39. The molecule has 0 aliphatic rings. The van der Waals surface area contributed by atoms with Crippen molar-refractivity contribution in [3.05, 3.63) is 29.8 Å². The molecule has 1 aromatic rings. The molecule has 0 saturated heterocycles. The van der Waals surface area contributed by atoms with E-state index in [4.69, 9.17) is 18.4 Å². The Labute approximate surface area is 143 Å². The average Bonchev–Trinajstić information content (AvgIpc) is 2.44. The first kappa shape index (κ1) is 20.6. The van der Waals surface area contributed by atoms with Crippen LogP contribution >= 0.6 is 0 Å². The van der Waals surface area contributed by atoms with E-state index in [0.717, 1.165) is 5.56 Å². The molecule has 24 heavy (non-hydrogen) atoms. The van der Waals surface area contributed by atoms with Gasteiger partial charge in [-0.25, -0.2) is 8.98 Å². The Morgan fingerprint density at radius 2 is 1.62 bits per heavy atom. The van der Waals surface area contributed by atoms with Gasteiger partial charge in [0.05, 0.1) is 18.1 Å². The van der Waals surface area contributed by atoms with Crippen LogP contribution in [0.1, 0.15) is 26.3 Å². The van der Waals surface area contributed by atoms with Crippen LogP contribution in [0.15, 0.2) is 29.2 Å². The Morgan fingerprint density at radius 1 is 1.04 bits per heavy atom. The molecule has 0 N–H and O–H groups in total. The Balaban J connectivity index is 2.18. The largest absolute Gasteiger partial charge is 0.458 e. The monoisotopic (exact) mass is 360 g/mol. The highest BCUT2D eigenvalue weighted by Crippen LogP contribution is 2.13. The predicted molar refractivity (Wildman–Crippen MR) is 86.9 cm³/mol. The van der Waals surface area contributed by atoms with Crippen LogP contribution in [0.4, 0.5) is 0 Å². The van der Waals surface area contributed by atoms with Crippen LogP contribution in [0.3, 0.4) is 0 Å². The van der Waals surface area contributed by atoms with Gasteiger partial charge in [-0.15, -0.1) is 0 Å². The van der Waals surface area contributed by atoms with Gasteiger partial charge in [-0.1, -0.05) is 17.7 Å². The van der Waals surface area contributed by atoms with Crippen molar-refractivity contribution in [1.29, 1.82) is 0 Å². The fourth-order valence-electron chi connectivity index (χ4n) is 1.57. The summed E-state index contributed by atoms with van der Waals surface area (Å²) >= 11 is 0. The Morgan fingerprint density at radius 3 is 2.21 bits per heavy atom. The standard InChI is InChI=1S/C16H24O7S/c1-13-5-7-14(8-6-13)24(18,19)22-12-21-10-9-20-11-15(17)23-16(2,3)4/h5-8H,9-12H2,1-4H3. The number of hydrogen-bond donors (Lipinski definition) is 0. The third-order valence-corrected chi connectivity index (χ3v) is 3.86. The first-order chi connectivity index (χ1) is 11.1. The van der Waals surface area contributed by atoms with E-state index in [1.165, 1.54) is 12.1 Å². The molecule has 0 bridgehead atoms. The van der Waals surface area contributed by atoms with E-state index in [1.807, 2.05) is 6.92 Å². The lowest BCUT2D eigenvalue weighted by Gasteiger charge is -2.19. The highest BCUT2D eigenvalue weighted by molar-refractivity contribution is 7.86.